The molecular formula is C48H56N4O8. The molecule has 2 N–H and O–H groups in total. The SMILES string of the molecule is COC(=O)[C@@H](C)C[C@H](Cc1ccccc1)NC(=O)c1cccc([C@@H](CC(C)=O)C[C@H](C(C)C)N(C)C(=O)[C@@H](NC(=O)OOC2c3ccccc3-c3ccccc32)C2CC2)n1. The fourth-order valence-electron chi connectivity index (χ4n) is 8.35. The molecule has 12 nitrogen and oxygen atoms in total. The van der Waals surface area contributed by atoms with Crippen molar-refractivity contribution in [1.29, 1.82) is 0 Å². The molecule has 2 aliphatic carbocycles. The Labute approximate surface area is 352 Å². The highest BCUT2D eigenvalue weighted by atomic mass is 17.2. The van der Waals surface area contributed by atoms with Gasteiger partial charge in [0, 0.05) is 37.2 Å². The zero-order valence-corrected chi connectivity index (χ0v) is 35.3. The largest absolute Gasteiger partial charge is 0.469 e. The summed E-state index contributed by atoms with van der Waals surface area (Å²) >= 11 is 0. The van der Waals surface area contributed by atoms with Gasteiger partial charge in [-0.15, -0.1) is 0 Å². The maximum absolute atomic E-state index is 14.3. The number of aromatic nitrogens is 1. The number of nitrogens with zero attached hydrogens (tertiary/aromatic N) is 2. The number of carbonyl (C=O) groups is 5. The molecule has 4 aromatic rings. The third-order valence-corrected chi connectivity index (χ3v) is 11.6. The first-order valence-electron chi connectivity index (χ1n) is 20.8. The predicted octanol–water partition coefficient (Wildman–Crippen LogP) is 7.76. The Morgan fingerprint density at radius 2 is 1.43 bits per heavy atom. The maximum atomic E-state index is 14.3. The molecule has 1 saturated carbocycles. The number of ether oxygens (including phenoxy) is 1. The zero-order valence-electron chi connectivity index (χ0n) is 35.3. The Morgan fingerprint density at radius 1 is 0.800 bits per heavy atom. The summed E-state index contributed by atoms with van der Waals surface area (Å²) in [5, 5.41) is 5.89. The number of rotatable bonds is 19. The fourth-order valence-corrected chi connectivity index (χ4v) is 8.35. The Morgan fingerprint density at radius 3 is 2.03 bits per heavy atom. The van der Waals surface area contributed by atoms with Gasteiger partial charge in [-0.2, -0.15) is 4.89 Å². The van der Waals surface area contributed by atoms with Crippen LogP contribution >= 0.6 is 0 Å². The van der Waals surface area contributed by atoms with E-state index in [0.29, 0.717) is 25.0 Å². The van der Waals surface area contributed by atoms with Crippen LogP contribution in [0.1, 0.15) is 105 Å². The van der Waals surface area contributed by atoms with Crippen molar-refractivity contribution in [2.24, 2.45) is 17.8 Å². The molecule has 0 unspecified atom stereocenters. The van der Waals surface area contributed by atoms with Gasteiger partial charge in [-0.25, -0.2) is 9.78 Å². The molecule has 316 valence electrons. The highest BCUT2D eigenvalue weighted by Crippen LogP contribution is 2.45. The number of amides is 3. The minimum atomic E-state index is -0.851. The number of pyridine rings is 1. The van der Waals surface area contributed by atoms with Crippen LogP contribution in [0.3, 0.4) is 0 Å². The lowest BCUT2D eigenvalue weighted by Crippen LogP contribution is -2.53. The van der Waals surface area contributed by atoms with Gasteiger partial charge in [0.25, 0.3) is 5.91 Å². The van der Waals surface area contributed by atoms with E-state index >= 15 is 0 Å². The van der Waals surface area contributed by atoms with Gasteiger partial charge < -0.3 is 25.1 Å². The lowest BCUT2D eigenvalue weighted by atomic mass is 9.86. The van der Waals surface area contributed by atoms with E-state index in [2.05, 4.69) is 10.6 Å². The highest BCUT2D eigenvalue weighted by molar-refractivity contribution is 5.92. The molecule has 3 amide bonds. The summed E-state index contributed by atoms with van der Waals surface area (Å²) < 4.78 is 4.95. The van der Waals surface area contributed by atoms with Crippen molar-refractivity contribution in [2.75, 3.05) is 14.2 Å². The number of likely N-dealkylation sites (N-methyl/N-ethyl adjacent to an activating group) is 1. The van der Waals surface area contributed by atoms with Gasteiger partial charge in [-0.05, 0) is 90.8 Å². The molecule has 2 aliphatic rings. The minimum absolute atomic E-state index is 0.0342. The molecule has 0 spiro atoms. The predicted molar refractivity (Wildman–Crippen MR) is 226 cm³/mol. The summed E-state index contributed by atoms with van der Waals surface area (Å²) in [6.45, 7) is 7.31. The molecule has 3 aromatic carbocycles. The average Bonchev–Trinajstić information content (AvgIpc) is 4.04. The van der Waals surface area contributed by atoms with Crippen LogP contribution in [0.2, 0.25) is 0 Å². The Kier molecular flexibility index (Phi) is 14.5. The molecule has 1 aromatic heterocycles. The number of carbonyl (C=O) groups excluding carboxylic acids is 5. The number of Topliss-reactive ketones (excluding diaryl/α,β-unsaturated/α-hetero) is 1. The smallest absolute Gasteiger partial charge is 0.439 e. The van der Waals surface area contributed by atoms with Crippen LogP contribution in [-0.4, -0.2) is 71.8 Å². The summed E-state index contributed by atoms with van der Waals surface area (Å²) in [6.07, 6.45) is 1.50. The van der Waals surface area contributed by atoms with Gasteiger partial charge in [-0.1, -0.05) is 106 Å². The first-order valence-corrected chi connectivity index (χ1v) is 20.8. The maximum Gasteiger partial charge on any atom is 0.439 e. The monoisotopic (exact) mass is 816 g/mol. The van der Waals surface area contributed by atoms with Crippen LogP contribution in [0.25, 0.3) is 11.1 Å². The minimum Gasteiger partial charge on any atom is -0.469 e. The molecule has 1 fully saturated rings. The summed E-state index contributed by atoms with van der Waals surface area (Å²) in [4.78, 5) is 84.0. The second-order valence-electron chi connectivity index (χ2n) is 16.5. The molecule has 6 rings (SSSR count). The Bertz CT molecular complexity index is 2110. The fraction of sp³-hybridized carbons (Fsp3) is 0.417. The number of benzene rings is 3. The van der Waals surface area contributed by atoms with E-state index < -0.39 is 36.0 Å². The van der Waals surface area contributed by atoms with E-state index in [0.717, 1.165) is 40.7 Å². The van der Waals surface area contributed by atoms with Crippen LogP contribution in [0, 0.1) is 17.8 Å². The first-order chi connectivity index (χ1) is 28.8. The van der Waals surface area contributed by atoms with Crippen LogP contribution < -0.4 is 10.6 Å². The van der Waals surface area contributed by atoms with Crippen molar-refractivity contribution in [2.45, 2.75) is 96.4 Å². The summed E-state index contributed by atoms with van der Waals surface area (Å²) in [7, 11) is 3.07. The van der Waals surface area contributed by atoms with Gasteiger partial charge in [0.15, 0.2) is 6.10 Å². The van der Waals surface area contributed by atoms with Gasteiger partial charge in [0.2, 0.25) is 5.91 Å². The number of methoxy groups -OCH3 is 1. The number of ketones is 1. The van der Waals surface area contributed by atoms with E-state index in [9.17, 15) is 24.0 Å². The summed E-state index contributed by atoms with van der Waals surface area (Å²) in [6, 6.07) is 28.9. The topological polar surface area (TPSA) is 153 Å². The zero-order chi connectivity index (χ0) is 42.9. The number of fused-ring (bicyclic) bond motifs is 3. The second kappa shape index (κ2) is 19.9. The Balaban J connectivity index is 1.14. The number of nitrogens with one attached hydrogen (secondary N) is 2. The summed E-state index contributed by atoms with van der Waals surface area (Å²) in [5.41, 5.74) is 5.54. The standard InChI is InChI=1S/C48H56N4O8/c1-29(2)42(52(5)46(55)43(33-23-24-33)51-48(57)60-59-44-38-19-12-10-17-36(38)37-18-11-13-20-39(37)44)28-34(26-31(4)53)40-21-14-22-41(50-40)45(54)49-35(25-30(3)47(56)58-6)27-32-15-8-7-9-16-32/h7-22,29-30,33-35,42-44H,23-28H2,1-6H3,(H,49,54)(H,51,57)/t30-,34-,35+,42+,43-/m0/s1. The van der Waals surface area contributed by atoms with Crippen molar-refractivity contribution in [3.63, 3.8) is 0 Å². The molecule has 5 atom stereocenters. The van der Waals surface area contributed by atoms with Gasteiger partial charge in [0.05, 0.1) is 13.0 Å². The van der Waals surface area contributed by atoms with Crippen molar-refractivity contribution in [1.82, 2.24) is 20.5 Å². The quantitative estimate of drug-likeness (QED) is 0.0549. The normalized spacial score (nSPS) is 15.7. The first kappa shape index (κ1) is 43.7. The van der Waals surface area contributed by atoms with Crippen molar-refractivity contribution in [3.05, 3.63) is 125 Å². The van der Waals surface area contributed by atoms with Crippen LogP contribution in [0.4, 0.5) is 4.79 Å². The molecule has 1 heterocycles. The lowest BCUT2D eigenvalue weighted by Gasteiger charge is -2.36. The number of esters is 1. The molecule has 0 bridgehead atoms. The molecule has 0 aliphatic heterocycles. The van der Waals surface area contributed by atoms with Gasteiger partial charge in [0.1, 0.15) is 17.5 Å². The van der Waals surface area contributed by atoms with Crippen molar-refractivity contribution in [3.8, 4) is 11.1 Å². The average molecular weight is 817 g/mol. The lowest BCUT2D eigenvalue weighted by molar-refractivity contribution is -0.264. The third-order valence-electron chi connectivity index (χ3n) is 11.6. The number of hydrogen-bond donors (Lipinski definition) is 2. The van der Waals surface area contributed by atoms with Crippen molar-refractivity contribution >= 4 is 29.7 Å². The number of hydrogen-bond acceptors (Lipinski definition) is 9. The molecule has 0 saturated heterocycles. The van der Waals surface area contributed by atoms with E-state index in [4.69, 9.17) is 19.5 Å². The second-order valence-corrected chi connectivity index (χ2v) is 16.5. The summed E-state index contributed by atoms with van der Waals surface area (Å²) in [5.74, 6) is -2.04. The molecule has 0 radical (unpaired) electrons. The van der Waals surface area contributed by atoms with E-state index in [-0.39, 0.29) is 53.7 Å². The highest BCUT2D eigenvalue weighted by Gasteiger charge is 2.42. The van der Waals surface area contributed by atoms with Crippen LogP contribution in [0.5, 0.6) is 0 Å². The van der Waals surface area contributed by atoms with Gasteiger partial charge >= 0.3 is 12.1 Å². The third kappa shape index (κ3) is 10.8. The van der Waals surface area contributed by atoms with Crippen LogP contribution in [-0.2, 0) is 35.3 Å². The molecule has 12 heteroatoms. The van der Waals surface area contributed by atoms with Crippen LogP contribution in [0.15, 0.2) is 97.1 Å². The van der Waals surface area contributed by atoms with E-state index in [1.807, 2.05) is 92.7 Å². The van der Waals surface area contributed by atoms with Crippen molar-refractivity contribution < 1.29 is 38.5 Å². The Hall–Kier alpha value is -5.88. The molecule has 60 heavy (non-hydrogen) atoms. The van der Waals surface area contributed by atoms with Gasteiger partial charge in [-0.3, -0.25) is 19.3 Å². The van der Waals surface area contributed by atoms with E-state index in [1.165, 1.54) is 14.0 Å². The van der Waals surface area contributed by atoms with E-state index in [1.54, 1.807) is 37.1 Å². The molecular weight excluding hydrogens is 761 g/mol.